The molecule has 6 nitrogen and oxygen atoms in total. The van der Waals surface area contributed by atoms with Gasteiger partial charge < -0.3 is 4.74 Å². The number of aromatic nitrogens is 3. The maximum absolute atomic E-state index is 13.6. The molecule has 5 rings (SSSR count). The van der Waals surface area contributed by atoms with Crippen molar-refractivity contribution < 1.29 is 9.53 Å². The van der Waals surface area contributed by atoms with Gasteiger partial charge in [0.2, 0.25) is 0 Å². The van der Waals surface area contributed by atoms with Crippen LogP contribution in [0.15, 0.2) is 42.7 Å². The standard InChI is InChI=1S/C22H19ClN4O2S/c1-13-4-6-16(23)20-19(13)26-22(30-20)27(12-15-3-2-10-29-15)21(28)14-5-7-17-18(11-14)25-9-8-24-17/h4-9,11,15H,2-3,10,12H2,1H3. The Morgan fingerprint density at radius 2 is 2.07 bits per heavy atom. The number of halogens is 1. The molecule has 152 valence electrons. The number of carbonyl (C=O) groups excluding carboxylic acids is 1. The molecule has 1 unspecified atom stereocenters. The molecule has 1 aliphatic rings. The van der Waals surface area contributed by atoms with Crippen LogP contribution in [0.1, 0.15) is 28.8 Å². The van der Waals surface area contributed by atoms with Crippen molar-refractivity contribution >= 4 is 55.2 Å². The van der Waals surface area contributed by atoms with Crippen LogP contribution in [0.25, 0.3) is 21.3 Å². The Labute approximate surface area is 182 Å². The Kier molecular flexibility index (Phi) is 5.10. The number of ether oxygens (including phenoxy) is 1. The molecular weight excluding hydrogens is 420 g/mol. The lowest BCUT2D eigenvalue weighted by atomic mass is 10.1. The summed E-state index contributed by atoms with van der Waals surface area (Å²) in [6.45, 7) is 3.17. The Bertz CT molecular complexity index is 1210. The zero-order valence-corrected chi connectivity index (χ0v) is 17.9. The van der Waals surface area contributed by atoms with E-state index in [9.17, 15) is 4.79 Å². The molecular formula is C22H19ClN4O2S. The maximum atomic E-state index is 13.6. The van der Waals surface area contributed by atoms with Crippen molar-refractivity contribution in [2.45, 2.75) is 25.9 Å². The molecule has 0 saturated carbocycles. The largest absolute Gasteiger partial charge is 0.376 e. The van der Waals surface area contributed by atoms with Crippen LogP contribution in [0.4, 0.5) is 5.13 Å². The van der Waals surface area contributed by atoms with Crippen molar-refractivity contribution in [3.63, 3.8) is 0 Å². The number of carbonyl (C=O) groups is 1. The average Bonchev–Trinajstić information content (AvgIpc) is 3.44. The van der Waals surface area contributed by atoms with E-state index in [1.165, 1.54) is 11.3 Å². The molecule has 30 heavy (non-hydrogen) atoms. The molecule has 0 bridgehead atoms. The van der Waals surface area contributed by atoms with E-state index in [0.717, 1.165) is 40.7 Å². The van der Waals surface area contributed by atoms with Gasteiger partial charge in [0, 0.05) is 24.6 Å². The summed E-state index contributed by atoms with van der Waals surface area (Å²) in [6.07, 6.45) is 5.19. The average molecular weight is 439 g/mol. The first-order valence-electron chi connectivity index (χ1n) is 9.80. The predicted octanol–water partition coefficient (Wildman–Crippen LogP) is 5.03. The van der Waals surface area contributed by atoms with Crippen LogP contribution < -0.4 is 4.90 Å². The molecule has 1 fully saturated rings. The van der Waals surface area contributed by atoms with Gasteiger partial charge in [0.05, 0.1) is 38.9 Å². The molecule has 0 aliphatic carbocycles. The number of aryl methyl sites for hydroxylation is 1. The highest BCUT2D eigenvalue weighted by molar-refractivity contribution is 7.23. The normalized spacial score (nSPS) is 16.4. The molecule has 0 spiro atoms. The van der Waals surface area contributed by atoms with Gasteiger partial charge in [-0.25, -0.2) is 4.98 Å². The Hall–Kier alpha value is -2.61. The fraction of sp³-hybridized carbons (Fsp3) is 0.273. The SMILES string of the molecule is Cc1ccc(Cl)c2sc(N(CC3CCCO3)C(=O)c3ccc4nccnc4c3)nc12. The van der Waals surface area contributed by atoms with Crippen molar-refractivity contribution in [3.8, 4) is 0 Å². The summed E-state index contributed by atoms with van der Waals surface area (Å²) in [7, 11) is 0. The number of hydrogen-bond donors (Lipinski definition) is 0. The lowest BCUT2D eigenvalue weighted by molar-refractivity contribution is 0.0917. The third-order valence-corrected chi connectivity index (χ3v) is 6.83. The number of fused-ring (bicyclic) bond motifs is 2. The first kappa shape index (κ1) is 19.4. The summed E-state index contributed by atoms with van der Waals surface area (Å²) in [6, 6.07) is 9.20. The van der Waals surface area contributed by atoms with Crippen LogP contribution in [0.5, 0.6) is 0 Å². The molecule has 1 saturated heterocycles. The number of hydrogen-bond acceptors (Lipinski definition) is 6. The number of benzene rings is 2. The second-order valence-electron chi connectivity index (χ2n) is 7.35. The summed E-state index contributed by atoms with van der Waals surface area (Å²) in [4.78, 5) is 28.7. The molecule has 1 aliphatic heterocycles. The second-order valence-corrected chi connectivity index (χ2v) is 8.73. The third kappa shape index (κ3) is 3.53. The lowest BCUT2D eigenvalue weighted by Gasteiger charge is -2.23. The number of nitrogens with zero attached hydrogens (tertiary/aromatic N) is 4. The Balaban J connectivity index is 1.58. The van der Waals surface area contributed by atoms with Gasteiger partial charge in [0.25, 0.3) is 5.91 Å². The summed E-state index contributed by atoms with van der Waals surface area (Å²) in [5, 5.41) is 1.27. The van der Waals surface area contributed by atoms with Gasteiger partial charge >= 0.3 is 0 Å². The van der Waals surface area contributed by atoms with Crippen molar-refractivity contribution in [2.24, 2.45) is 0 Å². The molecule has 0 radical (unpaired) electrons. The van der Waals surface area contributed by atoms with Crippen molar-refractivity contribution in [2.75, 3.05) is 18.1 Å². The topological polar surface area (TPSA) is 68.2 Å². The third-order valence-electron chi connectivity index (χ3n) is 5.29. The zero-order chi connectivity index (χ0) is 20.7. The summed E-state index contributed by atoms with van der Waals surface area (Å²) in [5.74, 6) is -0.133. The monoisotopic (exact) mass is 438 g/mol. The van der Waals surface area contributed by atoms with Crippen LogP contribution in [0, 0.1) is 6.92 Å². The Morgan fingerprint density at radius 1 is 1.23 bits per heavy atom. The number of anilines is 1. The maximum Gasteiger partial charge on any atom is 0.260 e. The number of amides is 1. The Morgan fingerprint density at radius 3 is 2.83 bits per heavy atom. The number of thiazole rings is 1. The van der Waals surface area contributed by atoms with Crippen LogP contribution in [0.3, 0.4) is 0 Å². The van der Waals surface area contributed by atoms with E-state index in [2.05, 4.69) is 9.97 Å². The van der Waals surface area contributed by atoms with E-state index >= 15 is 0 Å². The highest BCUT2D eigenvalue weighted by Crippen LogP contribution is 2.36. The van der Waals surface area contributed by atoms with E-state index in [4.69, 9.17) is 21.3 Å². The summed E-state index contributed by atoms with van der Waals surface area (Å²) < 4.78 is 6.71. The van der Waals surface area contributed by atoms with Gasteiger partial charge in [-0.05, 0) is 49.6 Å². The highest BCUT2D eigenvalue weighted by atomic mass is 35.5. The molecule has 2 aromatic carbocycles. The van der Waals surface area contributed by atoms with Crippen LogP contribution in [0.2, 0.25) is 5.02 Å². The molecule has 2 aromatic heterocycles. The fourth-order valence-corrected chi connectivity index (χ4v) is 5.02. The van der Waals surface area contributed by atoms with E-state index in [1.807, 2.05) is 25.1 Å². The quantitative estimate of drug-likeness (QED) is 0.447. The van der Waals surface area contributed by atoms with Gasteiger partial charge in [-0.15, -0.1) is 0 Å². The van der Waals surface area contributed by atoms with Crippen LogP contribution in [-0.4, -0.2) is 40.1 Å². The van der Waals surface area contributed by atoms with Gasteiger partial charge in [-0.3, -0.25) is 19.7 Å². The second kappa shape index (κ2) is 7.91. The van der Waals surface area contributed by atoms with Crippen molar-refractivity contribution in [1.82, 2.24) is 15.0 Å². The minimum atomic E-state index is -0.133. The van der Waals surface area contributed by atoms with Crippen molar-refractivity contribution in [3.05, 3.63) is 58.9 Å². The summed E-state index contributed by atoms with van der Waals surface area (Å²) in [5.41, 5.74) is 3.84. The van der Waals surface area contributed by atoms with Gasteiger partial charge in [-0.2, -0.15) is 0 Å². The minimum absolute atomic E-state index is 0.00206. The van der Waals surface area contributed by atoms with Crippen LogP contribution >= 0.6 is 22.9 Å². The molecule has 4 aromatic rings. The molecule has 1 amide bonds. The minimum Gasteiger partial charge on any atom is -0.376 e. The van der Waals surface area contributed by atoms with Gasteiger partial charge in [0.15, 0.2) is 5.13 Å². The van der Waals surface area contributed by atoms with E-state index in [-0.39, 0.29) is 12.0 Å². The van der Waals surface area contributed by atoms with Crippen LogP contribution in [-0.2, 0) is 4.74 Å². The first-order valence-corrected chi connectivity index (χ1v) is 11.0. The zero-order valence-electron chi connectivity index (χ0n) is 16.3. The molecule has 8 heteroatoms. The predicted molar refractivity (Wildman–Crippen MR) is 120 cm³/mol. The smallest absolute Gasteiger partial charge is 0.260 e. The van der Waals surface area contributed by atoms with Crippen molar-refractivity contribution in [1.29, 1.82) is 0 Å². The van der Waals surface area contributed by atoms with E-state index in [0.29, 0.717) is 27.8 Å². The molecule has 0 N–H and O–H groups in total. The fourth-order valence-electron chi connectivity index (χ4n) is 3.70. The molecule has 3 heterocycles. The number of rotatable bonds is 4. The summed E-state index contributed by atoms with van der Waals surface area (Å²) >= 11 is 7.84. The van der Waals surface area contributed by atoms with E-state index < -0.39 is 0 Å². The lowest BCUT2D eigenvalue weighted by Crippen LogP contribution is -2.37. The molecule has 1 atom stereocenters. The van der Waals surface area contributed by atoms with E-state index in [1.54, 1.807) is 29.4 Å². The first-order chi connectivity index (χ1) is 14.6. The van der Waals surface area contributed by atoms with Gasteiger partial charge in [0.1, 0.15) is 0 Å². The highest BCUT2D eigenvalue weighted by Gasteiger charge is 2.28. The van der Waals surface area contributed by atoms with Gasteiger partial charge in [-0.1, -0.05) is 29.0 Å².